The third-order valence-corrected chi connectivity index (χ3v) is 3.22. The predicted molar refractivity (Wildman–Crippen MR) is 56.0 cm³/mol. The molecule has 0 aliphatic heterocycles. The Morgan fingerprint density at radius 2 is 1.93 bits per heavy atom. The third-order valence-electron chi connectivity index (χ3n) is 1.67. The topological polar surface area (TPSA) is 69.9 Å². The zero-order valence-corrected chi connectivity index (χ0v) is 9.03. The van der Waals surface area contributed by atoms with E-state index in [0.717, 1.165) is 0 Å². The molecule has 1 aromatic rings. The van der Waals surface area contributed by atoms with Crippen LogP contribution in [0.2, 0.25) is 0 Å². The van der Waals surface area contributed by atoms with Crippen LogP contribution in [0, 0.1) is 0 Å². The second-order valence-corrected chi connectivity index (χ2v) is 5.45. The Labute approximate surface area is 86.3 Å². The fourth-order valence-electron chi connectivity index (χ4n) is 0.933. The van der Waals surface area contributed by atoms with Crippen molar-refractivity contribution >= 4 is 29.4 Å². The first-order valence-electron chi connectivity index (χ1n) is 3.74. The molecule has 1 unspecified atom stereocenters. The van der Waals surface area contributed by atoms with Crippen LogP contribution < -0.4 is 5.30 Å². The average Bonchev–Trinajstić information content (AvgIpc) is 2.15. The van der Waals surface area contributed by atoms with E-state index in [2.05, 4.69) is 5.16 Å². The molecular formula is C8H9ClNO3P. The van der Waals surface area contributed by atoms with Crippen LogP contribution in [-0.4, -0.2) is 21.9 Å². The highest BCUT2D eigenvalue weighted by Gasteiger charge is 2.13. The molecule has 0 aromatic heterocycles. The molecule has 0 spiro atoms. The molecule has 1 rings (SSSR count). The third kappa shape index (κ3) is 2.58. The van der Waals surface area contributed by atoms with Crippen molar-refractivity contribution < 1.29 is 14.7 Å². The molecule has 6 heteroatoms. The van der Waals surface area contributed by atoms with Crippen LogP contribution in [0.5, 0.6) is 0 Å². The Bertz CT molecular complexity index is 396. The summed E-state index contributed by atoms with van der Waals surface area (Å²) in [5, 5.41) is 11.5. The highest BCUT2D eigenvalue weighted by atomic mass is 35.5. The number of hydrogen-bond donors (Lipinski definition) is 2. The zero-order chi connectivity index (χ0) is 10.8. The molecule has 0 aliphatic carbocycles. The van der Waals surface area contributed by atoms with Crippen molar-refractivity contribution in [3.8, 4) is 0 Å². The summed E-state index contributed by atoms with van der Waals surface area (Å²) in [5.41, 5.74) is 0.492. The molecule has 0 radical (unpaired) electrons. The van der Waals surface area contributed by atoms with Gasteiger partial charge < -0.3 is 10.1 Å². The molecule has 0 saturated carbocycles. The Balaban J connectivity index is 3.07. The van der Waals surface area contributed by atoms with Gasteiger partial charge in [0.05, 0.1) is 0 Å². The molecule has 2 N–H and O–H groups in total. The highest BCUT2D eigenvalue weighted by molar-refractivity contribution is 7.65. The van der Waals surface area contributed by atoms with E-state index < -0.39 is 7.37 Å². The molecule has 0 aliphatic rings. The van der Waals surface area contributed by atoms with E-state index in [0.29, 0.717) is 10.9 Å². The number of hydrogen-bond acceptors (Lipinski definition) is 3. The van der Waals surface area contributed by atoms with Crippen molar-refractivity contribution in [2.75, 3.05) is 6.66 Å². The minimum Gasteiger partial charge on any atom is -0.410 e. The molecule has 0 amide bonds. The smallest absolute Gasteiger partial charge is 0.226 e. The first-order valence-corrected chi connectivity index (χ1v) is 6.22. The van der Waals surface area contributed by atoms with Crippen LogP contribution in [-0.2, 0) is 4.57 Å². The summed E-state index contributed by atoms with van der Waals surface area (Å²) in [6.07, 6.45) is 0. The lowest BCUT2D eigenvalue weighted by molar-refractivity contribution is 0.321. The second kappa shape index (κ2) is 4.13. The van der Waals surface area contributed by atoms with Gasteiger partial charge in [-0.15, -0.1) is 0 Å². The Hall–Kier alpha value is -0.830. The maximum Gasteiger partial charge on any atom is 0.226 e. The minimum atomic E-state index is -3.22. The summed E-state index contributed by atoms with van der Waals surface area (Å²) in [6, 6.07) is 5.99. The van der Waals surface area contributed by atoms with E-state index in [1.54, 1.807) is 0 Å². The summed E-state index contributed by atoms with van der Waals surface area (Å²) in [5.74, 6) is 0. The van der Waals surface area contributed by atoms with Gasteiger partial charge in [-0.2, -0.15) is 0 Å². The van der Waals surface area contributed by atoms with E-state index in [4.69, 9.17) is 16.8 Å². The quantitative estimate of drug-likeness (QED) is 0.353. The summed E-state index contributed by atoms with van der Waals surface area (Å²) >= 11 is 5.53. The van der Waals surface area contributed by atoms with Crippen LogP contribution in [0.25, 0.3) is 0 Å². The monoisotopic (exact) mass is 233 g/mol. The lowest BCUT2D eigenvalue weighted by Gasteiger charge is -2.05. The van der Waals surface area contributed by atoms with Gasteiger partial charge in [0, 0.05) is 17.5 Å². The largest absolute Gasteiger partial charge is 0.410 e. The van der Waals surface area contributed by atoms with Crippen molar-refractivity contribution in [1.29, 1.82) is 0 Å². The Kier molecular flexibility index (Phi) is 3.32. The molecule has 76 valence electrons. The van der Waals surface area contributed by atoms with Crippen molar-refractivity contribution in [1.82, 2.24) is 0 Å². The SMILES string of the molecule is CP(=O)(O)c1ccc(/C(Cl)=N\O)cc1. The minimum absolute atomic E-state index is 0.0552. The standard InChI is InChI=1S/C8H9ClNO3P/c1-14(12,13)7-4-2-6(3-5-7)8(9)10-11/h2-5,11H,1H3,(H,12,13)/b10-8+. The van der Waals surface area contributed by atoms with Crippen molar-refractivity contribution in [2.45, 2.75) is 0 Å². The highest BCUT2D eigenvalue weighted by Crippen LogP contribution is 2.33. The number of halogens is 1. The van der Waals surface area contributed by atoms with Crippen molar-refractivity contribution in [3.63, 3.8) is 0 Å². The molecule has 0 heterocycles. The van der Waals surface area contributed by atoms with Gasteiger partial charge in [0.1, 0.15) is 0 Å². The van der Waals surface area contributed by atoms with Gasteiger partial charge >= 0.3 is 0 Å². The molecule has 4 nitrogen and oxygen atoms in total. The van der Waals surface area contributed by atoms with Crippen LogP contribution in [0.15, 0.2) is 29.4 Å². The van der Waals surface area contributed by atoms with Gasteiger partial charge in [0.25, 0.3) is 0 Å². The normalized spacial score (nSPS) is 16.4. The molecule has 0 fully saturated rings. The average molecular weight is 234 g/mol. The van der Waals surface area contributed by atoms with Gasteiger partial charge in [-0.05, 0) is 12.1 Å². The molecule has 14 heavy (non-hydrogen) atoms. The van der Waals surface area contributed by atoms with Gasteiger partial charge in [0.2, 0.25) is 7.37 Å². The van der Waals surface area contributed by atoms with E-state index >= 15 is 0 Å². The second-order valence-electron chi connectivity index (χ2n) is 2.82. The van der Waals surface area contributed by atoms with E-state index in [1.165, 1.54) is 30.9 Å². The molecule has 0 saturated heterocycles. The number of oxime groups is 1. The molecule has 1 atom stereocenters. The van der Waals surface area contributed by atoms with Crippen LogP contribution in [0.4, 0.5) is 0 Å². The van der Waals surface area contributed by atoms with Gasteiger partial charge in [-0.25, -0.2) is 0 Å². The van der Waals surface area contributed by atoms with Crippen molar-refractivity contribution in [3.05, 3.63) is 29.8 Å². The summed E-state index contributed by atoms with van der Waals surface area (Å²) in [4.78, 5) is 9.22. The summed E-state index contributed by atoms with van der Waals surface area (Å²) in [7, 11) is -3.22. The maximum absolute atomic E-state index is 11.2. The van der Waals surface area contributed by atoms with Crippen molar-refractivity contribution in [2.24, 2.45) is 5.16 Å². The maximum atomic E-state index is 11.2. The van der Waals surface area contributed by atoms with Gasteiger partial charge in [-0.3, -0.25) is 4.57 Å². The molecular weight excluding hydrogens is 225 g/mol. The summed E-state index contributed by atoms with van der Waals surface area (Å²) < 4.78 is 11.2. The van der Waals surface area contributed by atoms with Gasteiger partial charge in [0.15, 0.2) is 5.17 Å². The lowest BCUT2D eigenvalue weighted by atomic mass is 10.2. The zero-order valence-electron chi connectivity index (χ0n) is 7.38. The van der Waals surface area contributed by atoms with E-state index in [1.807, 2.05) is 0 Å². The molecule has 0 bridgehead atoms. The van der Waals surface area contributed by atoms with Crippen LogP contribution in [0.3, 0.4) is 0 Å². The number of benzene rings is 1. The molecule has 1 aromatic carbocycles. The predicted octanol–water partition coefficient (Wildman–Crippen LogP) is 1.59. The lowest BCUT2D eigenvalue weighted by Crippen LogP contribution is -2.03. The fraction of sp³-hybridized carbons (Fsp3) is 0.125. The first-order chi connectivity index (χ1) is 6.45. The van der Waals surface area contributed by atoms with Crippen LogP contribution >= 0.6 is 19.0 Å². The van der Waals surface area contributed by atoms with E-state index in [-0.39, 0.29) is 5.17 Å². The number of nitrogens with zero attached hydrogens (tertiary/aromatic N) is 1. The Morgan fingerprint density at radius 3 is 2.29 bits per heavy atom. The first kappa shape index (κ1) is 11.2. The van der Waals surface area contributed by atoms with Crippen LogP contribution in [0.1, 0.15) is 5.56 Å². The van der Waals surface area contributed by atoms with Gasteiger partial charge in [-0.1, -0.05) is 28.9 Å². The van der Waals surface area contributed by atoms with E-state index in [9.17, 15) is 9.46 Å². The fourth-order valence-corrected chi connectivity index (χ4v) is 1.76. The summed E-state index contributed by atoms with van der Waals surface area (Å²) in [6.45, 7) is 1.25. The number of rotatable bonds is 2. The Morgan fingerprint density at radius 1 is 1.43 bits per heavy atom.